The molecule has 0 heterocycles. The molecule has 0 aliphatic rings. The molecule has 0 aromatic heterocycles. The largest absolute Gasteiger partial charge is 0.466 e. The second kappa shape index (κ2) is 6.71. The number of carbonyl (C=O) groups excluding carboxylic acids is 2. The number of esters is 1. The van der Waals surface area contributed by atoms with Gasteiger partial charge in [0.2, 0.25) is 0 Å². The van der Waals surface area contributed by atoms with E-state index in [2.05, 4.69) is 4.74 Å². The molecule has 18 heavy (non-hydrogen) atoms. The molecule has 98 valence electrons. The van der Waals surface area contributed by atoms with Gasteiger partial charge in [0.15, 0.2) is 0 Å². The first kappa shape index (κ1) is 14.9. The van der Waals surface area contributed by atoms with Crippen LogP contribution in [0.25, 0.3) is 0 Å². The highest BCUT2D eigenvalue weighted by Crippen LogP contribution is 2.25. The number of ether oxygens (including phenoxy) is 1. The molecule has 0 saturated heterocycles. The Morgan fingerprint density at radius 2 is 1.94 bits per heavy atom. The number of carbonyl (C=O) groups is 2. The zero-order valence-corrected chi connectivity index (χ0v) is 11.1. The summed E-state index contributed by atoms with van der Waals surface area (Å²) in [6, 6.07) is 2.32. The number of hydrogen-bond acceptors (Lipinski definition) is 3. The van der Waals surface area contributed by atoms with Crippen molar-refractivity contribution in [1.29, 1.82) is 0 Å². The molecule has 0 spiro atoms. The van der Waals surface area contributed by atoms with Crippen molar-refractivity contribution in [3.8, 4) is 0 Å². The van der Waals surface area contributed by atoms with Crippen molar-refractivity contribution in [3.05, 3.63) is 33.6 Å². The molecule has 0 radical (unpaired) electrons. The van der Waals surface area contributed by atoms with Gasteiger partial charge in [0.25, 0.3) is 0 Å². The van der Waals surface area contributed by atoms with Crippen molar-refractivity contribution >= 4 is 35.0 Å². The topological polar surface area (TPSA) is 43.4 Å². The van der Waals surface area contributed by atoms with Gasteiger partial charge in [-0.25, -0.2) is 4.39 Å². The molecule has 6 heteroatoms. The van der Waals surface area contributed by atoms with Crippen LogP contribution in [0.3, 0.4) is 0 Å². The van der Waals surface area contributed by atoms with Crippen LogP contribution >= 0.6 is 23.2 Å². The standard InChI is InChI=1S/C12H11Cl2FO3/c1-2-18-12(17)5-8(16)3-7-4-11(15)10(14)6-9(7)13/h4,6H,2-3,5H2,1H3. The Bertz CT molecular complexity index is 475. The third kappa shape index (κ3) is 4.27. The van der Waals surface area contributed by atoms with Gasteiger partial charge in [-0.15, -0.1) is 0 Å². The smallest absolute Gasteiger partial charge is 0.313 e. The minimum Gasteiger partial charge on any atom is -0.466 e. The molecular weight excluding hydrogens is 282 g/mol. The van der Waals surface area contributed by atoms with Crippen LogP contribution in [0.4, 0.5) is 4.39 Å². The normalized spacial score (nSPS) is 10.2. The summed E-state index contributed by atoms with van der Waals surface area (Å²) in [5, 5.41) is 0.0835. The Balaban J connectivity index is 2.70. The first-order chi connectivity index (χ1) is 8.43. The van der Waals surface area contributed by atoms with E-state index in [9.17, 15) is 14.0 Å². The Kier molecular flexibility index (Phi) is 5.56. The molecule has 0 aliphatic heterocycles. The highest BCUT2D eigenvalue weighted by Gasteiger charge is 2.14. The van der Waals surface area contributed by atoms with Crippen molar-refractivity contribution in [2.24, 2.45) is 0 Å². The van der Waals surface area contributed by atoms with Crippen molar-refractivity contribution in [1.82, 2.24) is 0 Å². The summed E-state index contributed by atoms with van der Waals surface area (Å²) in [6.07, 6.45) is -0.486. The second-order valence-corrected chi connectivity index (χ2v) is 4.37. The number of ketones is 1. The van der Waals surface area contributed by atoms with Crippen LogP contribution in [0.2, 0.25) is 10.0 Å². The summed E-state index contributed by atoms with van der Waals surface area (Å²) in [6.45, 7) is 1.86. The molecule has 3 nitrogen and oxygen atoms in total. The number of hydrogen-bond donors (Lipinski definition) is 0. The lowest BCUT2D eigenvalue weighted by atomic mass is 10.1. The number of rotatable bonds is 5. The van der Waals surface area contributed by atoms with Crippen molar-refractivity contribution in [2.75, 3.05) is 6.61 Å². The highest BCUT2D eigenvalue weighted by atomic mass is 35.5. The van der Waals surface area contributed by atoms with Gasteiger partial charge in [0.1, 0.15) is 18.0 Å². The lowest BCUT2D eigenvalue weighted by Crippen LogP contribution is -2.13. The molecule has 0 saturated carbocycles. The maximum absolute atomic E-state index is 13.2. The molecule has 0 N–H and O–H groups in total. The Labute approximate surface area is 114 Å². The minimum atomic E-state index is -0.653. The second-order valence-electron chi connectivity index (χ2n) is 3.55. The zero-order valence-electron chi connectivity index (χ0n) is 9.63. The van der Waals surface area contributed by atoms with Gasteiger partial charge in [0, 0.05) is 11.4 Å². The lowest BCUT2D eigenvalue weighted by Gasteiger charge is -2.05. The summed E-state index contributed by atoms with van der Waals surface area (Å²) >= 11 is 11.4. The Hall–Kier alpha value is -1.13. The van der Waals surface area contributed by atoms with Crippen LogP contribution in [0.5, 0.6) is 0 Å². The molecule has 0 fully saturated rings. The van der Waals surface area contributed by atoms with Crippen LogP contribution < -0.4 is 0 Å². The molecule has 1 rings (SSSR count). The fraction of sp³-hybridized carbons (Fsp3) is 0.333. The molecule has 1 aromatic carbocycles. The van der Waals surface area contributed by atoms with Crippen molar-refractivity contribution < 1.29 is 18.7 Å². The summed E-state index contributed by atoms with van der Waals surface area (Å²) in [4.78, 5) is 22.6. The Morgan fingerprint density at radius 3 is 2.56 bits per heavy atom. The lowest BCUT2D eigenvalue weighted by molar-refractivity contribution is -0.145. The summed E-state index contributed by atoms with van der Waals surface area (Å²) in [7, 11) is 0. The van der Waals surface area contributed by atoms with Gasteiger partial charge in [-0.05, 0) is 24.6 Å². The first-order valence-electron chi connectivity index (χ1n) is 5.24. The predicted octanol–water partition coefficient (Wildman–Crippen LogP) is 3.20. The number of halogens is 3. The van der Waals surface area contributed by atoms with Crippen molar-refractivity contribution in [2.45, 2.75) is 19.8 Å². The van der Waals surface area contributed by atoms with Crippen LogP contribution in [0, 0.1) is 5.82 Å². The number of Topliss-reactive ketones (excluding diaryl/α,β-unsaturated/α-hetero) is 1. The van der Waals surface area contributed by atoms with E-state index in [-0.39, 0.29) is 29.5 Å². The van der Waals surface area contributed by atoms with Crippen LogP contribution in [-0.2, 0) is 20.7 Å². The number of benzene rings is 1. The average molecular weight is 293 g/mol. The van der Waals surface area contributed by atoms with E-state index >= 15 is 0 Å². The molecule has 0 unspecified atom stereocenters. The fourth-order valence-electron chi connectivity index (χ4n) is 1.35. The quantitative estimate of drug-likeness (QED) is 0.475. The minimum absolute atomic E-state index is 0.110. The van der Waals surface area contributed by atoms with E-state index in [4.69, 9.17) is 23.2 Å². The van der Waals surface area contributed by atoms with Gasteiger partial charge < -0.3 is 4.74 Å². The van der Waals surface area contributed by atoms with E-state index in [0.29, 0.717) is 5.56 Å². The van der Waals surface area contributed by atoms with Gasteiger partial charge in [-0.2, -0.15) is 0 Å². The van der Waals surface area contributed by atoms with E-state index in [1.54, 1.807) is 6.92 Å². The summed E-state index contributed by atoms with van der Waals surface area (Å²) in [5.41, 5.74) is 0.299. The van der Waals surface area contributed by atoms with Crippen LogP contribution in [-0.4, -0.2) is 18.4 Å². The monoisotopic (exact) mass is 292 g/mol. The van der Waals surface area contributed by atoms with Crippen LogP contribution in [0.15, 0.2) is 12.1 Å². The maximum Gasteiger partial charge on any atom is 0.313 e. The summed E-state index contributed by atoms with van der Waals surface area (Å²) in [5.74, 6) is -1.65. The third-order valence-corrected chi connectivity index (χ3v) is 2.77. The van der Waals surface area contributed by atoms with Crippen LogP contribution in [0.1, 0.15) is 18.9 Å². The fourth-order valence-corrected chi connectivity index (χ4v) is 1.80. The zero-order chi connectivity index (χ0) is 13.7. The predicted molar refractivity (Wildman–Crippen MR) is 66.4 cm³/mol. The van der Waals surface area contributed by atoms with Gasteiger partial charge in [0.05, 0.1) is 11.6 Å². The SMILES string of the molecule is CCOC(=O)CC(=O)Cc1cc(F)c(Cl)cc1Cl. The molecule has 1 aromatic rings. The molecule has 0 atom stereocenters. The molecule has 0 amide bonds. The first-order valence-corrected chi connectivity index (χ1v) is 6.00. The van der Waals surface area contributed by atoms with E-state index < -0.39 is 17.6 Å². The van der Waals surface area contributed by atoms with E-state index in [0.717, 1.165) is 6.07 Å². The molecule has 0 bridgehead atoms. The molecule has 0 aliphatic carbocycles. The molecular formula is C12H11Cl2FO3. The Morgan fingerprint density at radius 1 is 1.28 bits per heavy atom. The van der Waals surface area contributed by atoms with E-state index in [1.165, 1.54) is 6.07 Å². The highest BCUT2D eigenvalue weighted by molar-refractivity contribution is 6.35. The third-order valence-electron chi connectivity index (χ3n) is 2.12. The van der Waals surface area contributed by atoms with Gasteiger partial charge in [-0.1, -0.05) is 23.2 Å². The van der Waals surface area contributed by atoms with Gasteiger partial charge in [-0.3, -0.25) is 9.59 Å². The maximum atomic E-state index is 13.2. The van der Waals surface area contributed by atoms with Gasteiger partial charge >= 0.3 is 5.97 Å². The average Bonchev–Trinajstić information content (AvgIpc) is 2.26. The summed E-state index contributed by atoms with van der Waals surface area (Å²) < 4.78 is 17.8. The van der Waals surface area contributed by atoms with E-state index in [1.807, 2.05) is 0 Å². The van der Waals surface area contributed by atoms with Crippen molar-refractivity contribution in [3.63, 3.8) is 0 Å².